The van der Waals surface area contributed by atoms with Crippen LogP contribution in [0.4, 0.5) is 0 Å². The Balaban J connectivity index is 1.35. The van der Waals surface area contributed by atoms with Gasteiger partial charge in [-0.25, -0.2) is 0 Å². The number of hydrogen-bond acceptors (Lipinski definition) is 7. The van der Waals surface area contributed by atoms with E-state index in [0.717, 1.165) is 38.4 Å². The average molecular weight is 829 g/mol. The predicted octanol–water partition coefficient (Wildman–Crippen LogP) is 3.08. The van der Waals surface area contributed by atoms with Crippen molar-refractivity contribution in [1.29, 1.82) is 0 Å². The van der Waals surface area contributed by atoms with Crippen LogP contribution in [0.3, 0.4) is 0 Å². The van der Waals surface area contributed by atoms with Gasteiger partial charge < -0.3 is 42.6 Å². The molecule has 0 spiro atoms. The van der Waals surface area contributed by atoms with Gasteiger partial charge >= 0.3 is 0 Å². The molecule has 1 aromatic heterocycles. The van der Waals surface area contributed by atoms with E-state index in [2.05, 4.69) is 36.9 Å². The number of para-hydroxylation sites is 1. The van der Waals surface area contributed by atoms with Crippen LogP contribution >= 0.6 is 0 Å². The van der Waals surface area contributed by atoms with E-state index in [1.54, 1.807) is 6.20 Å². The third-order valence-electron chi connectivity index (χ3n) is 10.9. The number of H-pyrrole nitrogens is 1. The molecule has 61 heavy (non-hydrogen) atoms. The number of carbonyl (C=O) groups excluding carboxylic acids is 6. The second kappa shape index (κ2) is 21.1. The first-order chi connectivity index (χ1) is 29.4. The fraction of sp³-hybridized carbons (Fsp3) is 0.362. The summed E-state index contributed by atoms with van der Waals surface area (Å²) in [5.74, 6) is -3.11. The standard InChI is InChI=1S/C47H56N8O6/c1-29(2)22-35-28-51-39(25-31-16-17-32-12-6-7-13-33(32)23-31)46(60)53-38(18-19-42(48)56)45(59)55-41(26-34-27-50-37-15-9-8-14-36(34)37)47(61)54-40(24-30-10-4-3-5-11-30)44(58)49-21-20-43(57)52-35/h3-17,23,27,29,35,38-41,50-51H,18-22,24-26,28H2,1-2H3,(H2,48,56)(H,49,58)(H,52,57)(H,53,60)(H,54,61)(H,55,59)/t35-,38-,39-,40-,41-/m0/s1. The quantitative estimate of drug-likeness (QED) is 0.0995. The van der Waals surface area contributed by atoms with E-state index in [-0.39, 0.29) is 69.5 Å². The monoisotopic (exact) mass is 828 g/mol. The van der Waals surface area contributed by atoms with Gasteiger partial charge in [-0.3, -0.25) is 28.8 Å². The Labute approximate surface area is 355 Å². The lowest BCUT2D eigenvalue weighted by Crippen LogP contribution is -2.59. The Morgan fingerprint density at radius 2 is 1.31 bits per heavy atom. The molecule has 5 aromatic rings. The number of aromatic nitrogens is 1. The molecule has 4 aromatic carbocycles. The normalized spacial score (nSPS) is 21.4. The first-order valence-corrected chi connectivity index (χ1v) is 21.0. The maximum atomic E-state index is 14.4. The molecule has 14 nitrogen and oxygen atoms in total. The van der Waals surface area contributed by atoms with Gasteiger partial charge in [-0.15, -0.1) is 0 Å². The van der Waals surface area contributed by atoms with Crippen molar-refractivity contribution in [2.75, 3.05) is 13.1 Å². The van der Waals surface area contributed by atoms with Gasteiger partial charge in [-0.2, -0.15) is 0 Å². The highest BCUT2D eigenvalue weighted by Crippen LogP contribution is 2.21. The number of amides is 6. The number of primary amides is 1. The van der Waals surface area contributed by atoms with Crippen molar-refractivity contribution in [3.8, 4) is 0 Å². The summed E-state index contributed by atoms with van der Waals surface area (Å²) >= 11 is 0. The number of fused-ring (bicyclic) bond motifs is 2. The maximum absolute atomic E-state index is 14.4. The minimum Gasteiger partial charge on any atom is -0.370 e. The van der Waals surface area contributed by atoms with E-state index in [1.807, 2.05) is 111 Å². The molecule has 1 aliphatic rings. The molecule has 1 aliphatic heterocycles. The van der Waals surface area contributed by atoms with Crippen LogP contribution in [0, 0.1) is 5.92 Å². The van der Waals surface area contributed by atoms with Crippen LogP contribution in [0.25, 0.3) is 21.7 Å². The van der Waals surface area contributed by atoms with Crippen molar-refractivity contribution in [2.45, 2.75) is 89.0 Å². The van der Waals surface area contributed by atoms with E-state index in [0.29, 0.717) is 6.42 Å². The van der Waals surface area contributed by atoms with Gasteiger partial charge in [0, 0.05) is 61.9 Å². The number of hydrogen-bond donors (Lipinski definition) is 8. The van der Waals surface area contributed by atoms with Crippen LogP contribution in [0.2, 0.25) is 0 Å². The van der Waals surface area contributed by atoms with Gasteiger partial charge in [0.25, 0.3) is 0 Å². The van der Waals surface area contributed by atoms with Crippen molar-refractivity contribution in [2.24, 2.45) is 11.7 Å². The number of rotatable bonds is 11. The molecule has 0 bridgehead atoms. The van der Waals surface area contributed by atoms with Crippen LogP contribution < -0.4 is 37.6 Å². The van der Waals surface area contributed by atoms with Crippen LogP contribution in [0.1, 0.15) is 56.2 Å². The maximum Gasteiger partial charge on any atom is 0.243 e. The van der Waals surface area contributed by atoms with Crippen molar-refractivity contribution in [1.82, 2.24) is 36.9 Å². The Morgan fingerprint density at radius 1 is 0.672 bits per heavy atom. The largest absolute Gasteiger partial charge is 0.370 e. The zero-order valence-electron chi connectivity index (χ0n) is 34.7. The minimum atomic E-state index is -1.27. The Kier molecular flexibility index (Phi) is 15.2. The molecule has 5 atom stereocenters. The fourth-order valence-corrected chi connectivity index (χ4v) is 7.79. The molecule has 320 valence electrons. The second-order valence-corrected chi connectivity index (χ2v) is 16.2. The van der Waals surface area contributed by atoms with E-state index in [1.165, 1.54) is 0 Å². The fourth-order valence-electron chi connectivity index (χ4n) is 7.79. The molecule has 0 aliphatic carbocycles. The van der Waals surface area contributed by atoms with E-state index in [4.69, 9.17) is 5.73 Å². The predicted molar refractivity (Wildman–Crippen MR) is 235 cm³/mol. The molecule has 6 rings (SSSR count). The first-order valence-electron chi connectivity index (χ1n) is 21.0. The Bertz CT molecular complexity index is 2330. The molecule has 14 heteroatoms. The number of benzene rings is 4. The molecule has 2 heterocycles. The summed E-state index contributed by atoms with van der Waals surface area (Å²) in [6.07, 6.45) is 2.39. The lowest BCUT2D eigenvalue weighted by atomic mass is 9.99. The number of carbonyl (C=O) groups is 6. The van der Waals surface area contributed by atoms with Crippen molar-refractivity contribution in [3.05, 3.63) is 120 Å². The summed E-state index contributed by atoms with van der Waals surface area (Å²) in [4.78, 5) is 85.8. The van der Waals surface area contributed by atoms with Gasteiger partial charge in [0.05, 0.1) is 6.04 Å². The summed E-state index contributed by atoms with van der Waals surface area (Å²) < 4.78 is 0. The van der Waals surface area contributed by atoms with Crippen LogP contribution in [-0.2, 0) is 48.0 Å². The summed E-state index contributed by atoms with van der Waals surface area (Å²) in [6.45, 7) is 4.31. The third kappa shape index (κ3) is 12.7. The summed E-state index contributed by atoms with van der Waals surface area (Å²) in [5.41, 5.74) is 8.78. The first kappa shape index (κ1) is 44.0. The highest BCUT2D eigenvalue weighted by Gasteiger charge is 2.33. The minimum absolute atomic E-state index is 0.0116. The van der Waals surface area contributed by atoms with Gasteiger partial charge in [-0.1, -0.05) is 105 Å². The zero-order chi connectivity index (χ0) is 43.3. The number of nitrogens with two attached hydrogens (primary N) is 1. The molecule has 0 radical (unpaired) electrons. The summed E-state index contributed by atoms with van der Waals surface area (Å²) in [7, 11) is 0. The van der Waals surface area contributed by atoms with Crippen LogP contribution in [0.15, 0.2) is 103 Å². The molecular weight excluding hydrogens is 773 g/mol. The SMILES string of the molecule is CC(C)C[C@H]1CN[C@@H](Cc2ccc3ccccc3c2)C(=O)N[C@@H](CCC(N)=O)C(=O)N[C@@H](Cc2c[nH]c3ccccc23)C(=O)N[C@@H](Cc2ccccc2)C(=O)NCCC(=O)N1. The smallest absolute Gasteiger partial charge is 0.243 e. The zero-order valence-corrected chi connectivity index (χ0v) is 34.7. The van der Waals surface area contributed by atoms with Gasteiger partial charge in [-0.05, 0) is 58.7 Å². The van der Waals surface area contributed by atoms with Crippen LogP contribution in [-0.4, -0.2) is 83.7 Å². The van der Waals surface area contributed by atoms with E-state index >= 15 is 0 Å². The van der Waals surface area contributed by atoms with Crippen molar-refractivity contribution < 1.29 is 28.8 Å². The molecule has 1 saturated heterocycles. The van der Waals surface area contributed by atoms with Gasteiger partial charge in [0.15, 0.2) is 0 Å². The number of aromatic amines is 1. The van der Waals surface area contributed by atoms with Crippen LogP contribution in [0.5, 0.6) is 0 Å². The molecule has 0 unspecified atom stereocenters. The Morgan fingerprint density at radius 3 is 2.07 bits per heavy atom. The average Bonchev–Trinajstić information content (AvgIpc) is 3.65. The van der Waals surface area contributed by atoms with E-state index < -0.39 is 53.7 Å². The Hall–Kier alpha value is -6.54. The van der Waals surface area contributed by atoms with E-state index in [9.17, 15) is 28.8 Å². The summed E-state index contributed by atoms with van der Waals surface area (Å²) in [5, 5.41) is 20.8. The second-order valence-electron chi connectivity index (χ2n) is 16.2. The number of nitrogens with one attached hydrogen (secondary N) is 7. The summed E-state index contributed by atoms with van der Waals surface area (Å²) in [6, 6.07) is 25.8. The molecule has 6 amide bonds. The van der Waals surface area contributed by atoms with Gasteiger partial charge in [0.2, 0.25) is 35.4 Å². The highest BCUT2D eigenvalue weighted by molar-refractivity contribution is 5.96. The lowest BCUT2D eigenvalue weighted by Gasteiger charge is -2.27. The van der Waals surface area contributed by atoms with Crippen molar-refractivity contribution in [3.63, 3.8) is 0 Å². The van der Waals surface area contributed by atoms with Crippen molar-refractivity contribution >= 4 is 57.1 Å². The lowest BCUT2D eigenvalue weighted by molar-refractivity contribution is -0.134. The highest BCUT2D eigenvalue weighted by atomic mass is 16.2. The molecule has 9 N–H and O–H groups in total. The third-order valence-corrected chi connectivity index (χ3v) is 10.9. The molecule has 1 fully saturated rings. The topological polar surface area (TPSA) is 216 Å². The molecule has 0 saturated carbocycles. The van der Waals surface area contributed by atoms with Gasteiger partial charge in [0.1, 0.15) is 18.1 Å². The molecular formula is C47H56N8O6.